The molecular weight excluding hydrogens is 282 g/mol. The lowest BCUT2D eigenvalue weighted by atomic mass is 9.80. The highest BCUT2D eigenvalue weighted by Gasteiger charge is 2.37. The Bertz CT molecular complexity index is 657. The van der Waals surface area contributed by atoms with Crippen LogP contribution < -0.4 is 5.32 Å². The predicted molar refractivity (Wildman–Crippen MR) is 86.1 cm³/mol. The Morgan fingerprint density at radius 1 is 1.24 bits per heavy atom. The Labute approximate surface area is 128 Å². The molecular formula is C16H21N3OS. The standard InChI is InChI=1S/C16H21N3OS/c1-20-16(7-4-8-16)9-17-14-13-11-5-2-3-6-12(11)21-15(13)19-10-18-14/h10H,2-9H2,1H3,(H,17,18,19). The van der Waals surface area contributed by atoms with Crippen molar-refractivity contribution in [1.82, 2.24) is 9.97 Å². The lowest BCUT2D eigenvalue weighted by Crippen LogP contribution is -2.45. The van der Waals surface area contributed by atoms with Crippen LogP contribution >= 0.6 is 11.3 Å². The minimum atomic E-state index is 0.0212. The van der Waals surface area contributed by atoms with Gasteiger partial charge in [-0.05, 0) is 50.5 Å². The fourth-order valence-electron chi connectivity index (χ4n) is 3.49. The van der Waals surface area contributed by atoms with Gasteiger partial charge in [0.25, 0.3) is 0 Å². The molecule has 0 spiro atoms. The summed E-state index contributed by atoms with van der Waals surface area (Å²) in [7, 11) is 1.82. The molecule has 21 heavy (non-hydrogen) atoms. The first-order valence-electron chi connectivity index (χ1n) is 7.86. The van der Waals surface area contributed by atoms with E-state index in [1.165, 1.54) is 47.9 Å². The van der Waals surface area contributed by atoms with E-state index in [4.69, 9.17) is 4.74 Å². The molecule has 0 unspecified atom stereocenters. The molecule has 0 amide bonds. The number of aryl methyl sites for hydroxylation is 2. The maximum atomic E-state index is 5.70. The van der Waals surface area contributed by atoms with Crippen molar-refractivity contribution in [2.75, 3.05) is 19.0 Å². The molecule has 4 rings (SSSR count). The number of aromatic nitrogens is 2. The molecule has 2 heterocycles. The van der Waals surface area contributed by atoms with Gasteiger partial charge in [0.05, 0.1) is 11.0 Å². The summed E-state index contributed by atoms with van der Waals surface area (Å²) in [4.78, 5) is 11.7. The van der Waals surface area contributed by atoms with Crippen molar-refractivity contribution in [2.45, 2.75) is 50.5 Å². The molecule has 0 radical (unpaired) electrons. The van der Waals surface area contributed by atoms with Crippen LogP contribution in [0.25, 0.3) is 10.2 Å². The minimum Gasteiger partial charge on any atom is -0.376 e. The molecule has 5 heteroatoms. The Balaban J connectivity index is 1.66. The summed E-state index contributed by atoms with van der Waals surface area (Å²) in [5.41, 5.74) is 1.51. The predicted octanol–water partition coefficient (Wildman–Crippen LogP) is 3.55. The third kappa shape index (κ3) is 2.23. The number of anilines is 1. The molecule has 0 saturated heterocycles. The first-order chi connectivity index (χ1) is 10.3. The highest BCUT2D eigenvalue weighted by atomic mass is 32.1. The van der Waals surface area contributed by atoms with E-state index in [0.29, 0.717) is 0 Å². The normalized spacial score (nSPS) is 20.0. The average Bonchev–Trinajstić information content (AvgIpc) is 2.86. The fraction of sp³-hybridized carbons (Fsp3) is 0.625. The molecule has 2 aliphatic carbocycles. The highest BCUT2D eigenvalue weighted by Crippen LogP contribution is 2.39. The molecule has 4 nitrogen and oxygen atoms in total. The SMILES string of the molecule is COC1(CNc2ncnc3sc4c(c23)CCCC4)CCC1. The van der Waals surface area contributed by atoms with E-state index >= 15 is 0 Å². The lowest BCUT2D eigenvalue weighted by molar-refractivity contribution is -0.0601. The smallest absolute Gasteiger partial charge is 0.138 e. The van der Waals surface area contributed by atoms with Crippen LogP contribution in [-0.4, -0.2) is 29.2 Å². The Kier molecular flexibility index (Phi) is 3.34. The molecule has 112 valence electrons. The van der Waals surface area contributed by atoms with Crippen LogP contribution in [0.2, 0.25) is 0 Å². The van der Waals surface area contributed by atoms with Crippen LogP contribution in [0, 0.1) is 0 Å². The van der Waals surface area contributed by atoms with Gasteiger partial charge in [0.15, 0.2) is 0 Å². The maximum absolute atomic E-state index is 5.70. The molecule has 0 aromatic carbocycles. The van der Waals surface area contributed by atoms with E-state index < -0.39 is 0 Å². The van der Waals surface area contributed by atoms with Crippen LogP contribution in [0.1, 0.15) is 42.5 Å². The number of nitrogens with one attached hydrogen (secondary N) is 1. The monoisotopic (exact) mass is 303 g/mol. The second-order valence-electron chi connectivity index (χ2n) is 6.21. The Morgan fingerprint density at radius 3 is 2.86 bits per heavy atom. The maximum Gasteiger partial charge on any atom is 0.138 e. The number of rotatable bonds is 4. The highest BCUT2D eigenvalue weighted by molar-refractivity contribution is 7.19. The molecule has 2 aliphatic rings. The second kappa shape index (κ2) is 5.21. The van der Waals surface area contributed by atoms with E-state index in [1.807, 2.05) is 18.4 Å². The third-order valence-electron chi connectivity index (χ3n) is 5.03. The number of hydrogen-bond donors (Lipinski definition) is 1. The van der Waals surface area contributed by atoms with Gasteiger partial charge in [-0.2, -0.15) is 0 Å². The van der Waals surface area contributed by atoms with Gasteiger partial charge in [-0.1, -0.05) is 0 Å². The third-order valence-corrected chi connectivity index (χ3v) is 6.23. The zero-order chi connectivity index (χ0) is 14.3. The van der Waals surface area contributed by atoms with E-state index in [0.717, 1.165) is 30.0 Å². The van der Waals surface area contributed by atoms with Gasteiger partial charge in [-0.15, -0.1) is 11.3 Å². The van der Waals surface area contributed by atoms with Crippen LogP contribution in [0.5, 0.6) is 0 Å². The van der Waals surface area contributed by atoms with Gasteiger partial charge in [0, 0.05) is 18.5 Å². The van der Waals surface area contributed by atoms with E-state index in [1.54, 1.807) is 6.33 Å². The van der Waals surface area contributed by atoms with Gasteiger partial charge in [0.1, 0.15) is 17.0 Å². The number of thiophene rings is 1. The molecule has 2 aromatic rings. The quantitative estimate of drug-likeness (QED) is 0.938. The molecule has 1 saturated carbocycles. The number of hydrogen-bond acceptors (Lipinski definition) is 5. The van der Waals surface area contributed by atoms with Gasteiger partial charge in [0.2, 0.25) is 0 Å². The number of methoxy groups -OCH3 is 1. The number of fused-ring (bicyclic) bond motifs is 3. The van der Waals surface area contributed by atoms with Crippen molar-refractivity contribution < 1.29 is 4.74 Å². The van der Waals surface area contributed by atoms with Crippen LogP contribution in [0.4, 0.5) is 5.82 Å². The first-order valence-corrected chi connectivity index (χ1v) is 8.67. The van der Waals surface area contributed by atoms with E-state index in [9.17, 15) is 0 Å². The molecule has 1 fully saturated rings. The molecule has 1 N–H and O–H groups in total. The number of nitrogens with zero attached hydrogens (tertiary/aromatic N) is 2. The van der Waals surface area contributed by atoms with Gasteiger partial charge in [-0.3, -0.25) is 0 Å². The summed E-state index contributed by atoms with van der Waals surface area (Å²) in [5.74, 6) is 1.00. The molecule has 2 aromatic heterocycles. The average molecular weight is 303 g/mol. The van der Waals surface area contributed by atoms with Crippen molar-refractivity contribution in [3.8, 4) is 0 Å². The van der Waals surface area contributed by atoms with Crippen molar-refractivity contribution in [3.05, 3.63) is 16.8 Å². The summed E-state index contributed by atoms with van der Waals surface area (Å²) in [6.45, 7) is 0.847. The summed E-state index contributed by atoms with van der Waals surface area (Å²) >= 11 is 1.85. The molecule has 0 aliphatic heterocycles. The lowest BCUT2D eigenvalue weighted by Gasteiger charge is -2.40. The minimum absolute atomic E-state index is 0.0212. The van der Waals surface area contributed by atoms with Crippen molar-refractivity contribution in [1.29, 1.82) is 0 Å². The first kappa shape index (κ1) is 13.5. The van der Waals surface area contributed by atoms with Gasteiger partial charge >= 0.3 is 0 Å². The van der Waals surface area contributed by atoms with Crippen molar-refractivity contribution in [3.63, 3.8) is 0 Å². The summed E-state index contributed by atoms with van der Waals surface area (Å²) < 4.78 is 5.70. The van der Waals surface area contributed by atoms with Crippen LogP contribution in [0.3, 0.4) is 0 Å². The van der Waals surface area contributed by atoms with Crippen molar-refractivity contribution >= 4 is 27.4 Å². The van der Waals surface area contributed by atoms with Crippen LogP contribution in [0.15, 0.2) is 6.33 Å². The molecule has 0 atom stereocenters. The summed E-state index contributed by atoms with van der Waals surface area (Å²) in [5, 5.41) is 4.81. The largest absolute Gasteiger partial charge is 0.376 e. The van der Waals surface area contributed by atoms with E-state index in [2.05, 4.69) is 15.3 Å². The van der Waals surface area contributed by atoms with Crippen molar-refractivity contribution in [2.24, 2.45) is 0 Å². The zero-order valence-corrected chi connectivity index (χ0v) is 13.3. The number of ether oxygens (including phenoxy) is 1. The Hall–Kier alpha value is -1.20. The van der Waals surface area contributed by atoms with Crippen LogP contribution in [-0.2, 0) is 17.6 Å². The van der Waals surface area contributed by atoms with Gasteiger partial charge in [-0.25, -0.2) is 9.97 Å². The zero-order valence-electron chi connectivity index (χ0n) is 12.4. The fourth-order valence-corrected chi connectivity index (χ4v) is 4.72. The Morgan fingerprint density at radius 2 is 2.10 bits per heavy atom. The topological polar surface area (TPSA) is 47.0 Å². The van der Waals surface area contributed by atoms with Gasteiger partial charge < -0.3 is 10.1 Å². The van der Waals surface area contributed by atoms with E-state index in [-0.39, 0.29) is 5.60 Å². The summed E-state index contributed by atoms with van der Waals surface area (Å²) in [6, 6.07) is 0. The molecule has 0 bridgehead atoms. The summed E-state index contributed by atoms with van der Waals surface area (Å²) in [6.07, 6.45) is 10.2. The second-order valence-corrected chi connectivity index (χ2v) is 7.29.